The van der Waals surface area contributed by atoms with E-state index in [2.05, 4.69) is 4.98 Å². The van der Waals surface area contributed by atoms with Gasteiger partial charge in [0, 0.05) is 37.2 Å². The molecule has 0 aliphatic carbocycles. The number of nitrogens with zero attached hydrogens (tertiary/aromatic N) is 2. The second-order valence-corrected chi connectivity index (χ2v) is 5.44. The number of carbonyl (C=O) groups excluding carboxylic acids is 1. The number of hydrogen-bond donors (Lipinski definition) is 0. The van der Waals surface area contributed by atoms with Crippen molar-refractivity contribution in [3.63, 3.8) is 0 Å². The standard InChI is InChI=1S/C16H12F4N2O/c17-12-3-10(4-13(18)16(12)20)11-5-15(23)22(8-11)7-9-1-2-21-6-14(9)19/h1-4,6,11H,5,7-8H2/t11-/m1/s1/i20-1. The van der Waals surface area contributed by atoms with Gasteiger partial charge in [-0.1, -0.05) is 0 Å². The number of pyridine rings is 1. The van der Waals surface area contributed by atoms with Gasteiger partial charge in [0.1, 0.15) is 5.82 Å². The van der Waals surface area contributed by atoms with E-state index in [1.807, 2.05) is 0 Å². The van der Waals surface area contributed by atoms with Gasteiger partial charge in [0.05, 0.1) is 6.20 Å². The molecule has 1 aliphatic heterocycles. The predicted molar refractivity (Wildman–Crippen MR) is 73.3 cm³/mol. The number of amides is 1. The Kier molecular flexibility index (Phi) is 4.02. The summed E-state index contributed by atoms with van der Waals surface area (Å²) in [6.07, 6.45) is 2.51. The molecule has 120 valence electrons. The minimum absolute atomic E-state index is 0.0389. The first-order valence-corrected chi connectivity index (χ1v) is 6.96. The Labute approximate surface area is 129 Å². The van der Waals surface area contributed by atoms with Gasteiger partial charge in [0.2, 0.25) is 5.91 Å². The van der Waals surface area contributed by atoms with Crippen LogP contribution in [-0.4, -0.2) is 22.3 Å². The molecule has 1 atom stereocenters. The number of likely N-dealkylation sites (tertiary alicyclic amines) is 1. The van der Waals surface area contributed by atoms with E-state index in [-0.39, 0.29) is 31.0 Å². The fourth-order valence-electron chi connectivity index (χ4n) is 2.70. The molecule has 1 aliphatic rings. The molecule has 0 spiro atoms. The first-order chi connectivity index (χ1) is 11.0. The maximum absolute atomic E-state index is 13.6. The first kappa shape index (κ1) is 15.5. The number of carbonyl (C=O) groups is 1. The summed E-state index contributed by atoms with van der Waals surface area (Å²) in [5.41, 5.74) is 0.526. The lowest BCUT2D eigenvalue weighted by Crippen LogP contribution is -2.25. The van der Waals surface area contributed by atoms with E-state index in [4.69, 9.17) is 0 Å². The molecule has 1 aromatic heterocycles. The first-order valence-electron chi connectivity index (χ1n) is 6.96. The Bertz CT molecular complexity index is 742. The SMILES string of the molecule is O=C1C[C@@H](c2cc(F)c([18F])c(F)c2)CN1Cc1ccncc1F. The van der Waals surface area contributed by atoms with Crippen LogP contribution in [0.25, 0.3) is 0 Å². The minimum Gasteiger partial charge on any atom is -0.338 e. The highest BCUT2D eigenvalue weighted by Crippen LogP contribution is 2.31. The van der Waals surface area contributed by atoms with Crippen molar-refractivity contribution in [3.05, 3.63) is 65.0 Å². The van der Waals surface area contributed by atoms with Crippen LogP contribution in [0.5, 0.6) is 0 Å². The minimum atomic E-state index is -1.53. The molecule has 0 radical (unpaired) electrons. The molecule has 1 aromatic carbocycles. The molecule has 1 amide bonds. The summed E-state index contributed by atoms with van der Waals surface area (Å²) >= 11 is 0. The van der Waals surface area contributed by atoms with Crippen molar-refractivity contribution in [1.82, 2.24) is 9.88 Å². The fourth-order valence-corrected chi connectivity index (χ4v) is 2.70. The zero-order chi connectivity index (χ0) is 16.6. The number of benzene rings is 1. The van der Waals surface area contributed by atoms with Crippen molar-refractivity contribution in [2.45, 2.75) is 18.9 Å². The summed E-state index contributed by atoms with van der Waals surface area (Å²) in [5, 5.41) is 0. The molecule has 0 bridgehead atoms. The maximum atomic E-state index is 13.6. The molecule has 2 aromatic rings. The molecule has 0 unspecified atom stereocenters. The van der Waals surface area contributed by atoms with Gasteiger partial charge in [-0.05, 0) is 23.8 Å². The van der Waals surface area contributed by atoms with Crippen LogP contribution in [0.15, 0.2) is 30.6 Å². The number of halogens is 4. The lowest BCUT2D eigenvalue weighted by molar-refractivity contribution is -0.128. The van der Waals surface area contributed by atoms with Crippen LogP contribution in [0.1, 0.15) is 23.5 Å². The summed E-state index contributed by atoms with van der Waals surface area (Å²) in [5.74, 6) is -5.35. The Morgan fingerprint density at radius 2 is 1.83 bits per heavy atom. The van der Waals surface area contributed by atoms with Gasteiger partial charge in [-0.15, -0.1) is 0 Å². The van der Waals surface area contributed by atoms with Crippen molar-refractivity contribution in [2.24, 2.45) is 0 Å². The second kappa shape index (κ2) is 5.98. The van der Waals surface area contributed by atoms with E-state index < -0.39 is 29.2 Å². The average molecular weight is 323 g/mol. The maximum Gasteiger partial charge on any atom is 0.223 e. The Morgan fingerprint density at radius 3 is 2.48 bits per heavy atom. The van der Waals surface area contributed by atoms with Gasteiger partial charge < -0.3 is 4.90 Å². The van der Waals surface area contributed by atoms with E-state index in [0.717, 1.165) is 18.3 Å². The van der Waals surface area contributed by atoms with Crippen molar-refractivity contribution >= 4 is 5.91 Å². The monoisotopic (exact) mass is 323 g/mol. The van der Waals surface area contributed by atoms with Crippen molar-refractivity contribution in [3.8, 4) is 0 Å². The largest absolute Gasteiger partial charge is 0.338 e. The van der Waals surface area contributed by atoms with Crippen molar-refractivity contribution < 1.29 is 22.4 Å². The molecule has 3 nitrogen and oxygen atoms in total. The number of hydrogen-bond acceptors (Lipinski definition) is 2. The van der Waals surface area contributed by atoms with Gasteiger partial charge in [-0.25, -0.2) is 17.6 Å². The predicted octanol–water partition coefficient (Wildman–Crippen LogP) is 3.15. The van der Waals surface area contributed by atoms with Gasteiger partial charge in [-0.3, -0.25) is 9.78 Å². The third-order valence-electron chi connectivity index (χ3n) is 3.91. The lowest BCUT2D eigenvalue weighted by Gasteiger charge is -2.17. The molecule has 23 heavy (non-hydrogen) atoms. The highest BCUT2D eigenvalue weighted by Gasteiger charge is 2.32. The smallest absolute Gasteiger partial charge is 0.223 e. The summed E-state index contributed by atoms with van der Waals surface area (Å²) in [6, 6.07) is 3.26. The zero-order valence-electron chi connectivity index (χ0n) is 11.9. The van der Waals surface area contributed by atoms with E-state index in [1.54, 1.807) is 0 Å². The highest BCUT2D eigenvalue weighted by atomic mass is 19.1. The Morgan fingerprint density at radius 1 is 1.13 bits per heavy atom. The molecule has 7 heteroatoms. The molecule has 2 heterocycles. The summed E-state index contributed by atoms with van der Waals surface area (Å²) in [7, 11) is 0. The van der Waals surface area contributed by atoms with E-state index in [0.29, 0.717) is 5.56 Å². The average Bonchev–Trinajstić information content (AvgIpc) is 2.88. The molecular formula is C16H12F4N2O. The third-order valence-corrected chi connectivity index (χ3v) is 3.91. The van der Waals surface area contributed by atoms with Crippen molar-refractivity contribution in [2.75, 3.05) is 6.54 Å². The third kappa shape index (κ3) is 3.04. The molecule has 1 saturated heterocycles. The normalized spacial score (nSPS) is 17.8. The number of rotatable bonds is 3. The van der Waals surface area contributed by atoms with E-state index in [9.17, 15) is 22.4 Å². The van der Waals surface area contributed by atoms with Gasteiger partial charge >= 0.3 is 0 Å². The van der Waals surface area contributed by atoms with E-state index >= 15 is 0 Å². The van der Waals surface area contributed by atoms with Crippen LogP contribution in [0.3, 0.4) is 0 Å². The molecular weight excluding hydrogens is 311 g/mol. The number of aromatic nitrogens is 1. The fraction of sp³-hybridized carbons (Fsp3) is 0.250. The second-order valence-electron chi connectivity index (χ2n) is 5.44. The van der Waals surface area contributed by atoms with Crippen molar-refractivity contribution in [1.29, 1.82) is 0 Å². The summed E-state index contributed by atoms with van der Waals surface area (Å²) in [6.45, 7) is 0.237. The summed E-state index contributed by atoms with van der Waals surface area (Å²) < 4.78 is 53.2. The van der Waals surface area contributed by atoms with Crippen LogP contribution >= 0.6 is 0 Å². The Balaban J connectivity index is 1.79. The van der Waals surface area contributed by atoms with Gasteiger partial charge in [0.25, 0.3) is 0 Å². The van der Waals surface area contributed by atoms with Crippen LogP contribution in [-0.2, 0) is 11.3 Å². The van der Waals surface area contributed by atoms with E-state index in [1.165, 1.54) is 17.2 Å². The topological polar surface area (TPSA) is 33.2 Å². The molecule has 1 fully saturated rings. The highest BCUT2D eigenvalue weighted by molar-refractivity contribution is 5.79. The van der Waals surface area contributed by atoms with Gasteiger partial charge in [-0.2, -0.15) is 0 Å². The quantitative estimate of drug-likeness (QED) is 0.642. The van der Waals surface area contributed by atoms with Crippen LogP contribution in [0.2, 0.25) is 0 Å². The van der Waals surface area contributed by atoms with Crippen LogP contribution < -0.4 is 0 Å². The van der Waals surface area contributed by atoms with Gasteiger partial charge in [0.15, 0.2) is 17.5 Å². The molecule has 3 rings (SSSR count). The Hall–Kier alpha value is -2.44. The zero-order valence-corrected chi connectivity index (χ0v) is 11.9. The molecule has 0 saturated carbocycles. The van der Waals surface area contributed by atoms with Crippen LogP contribution in [0.4, 0.5) is 17.6 Å². The summed E-state index contributed by atoms with van der Waals surface area (Å²) in [4.78, 5) is 17.1. The molecule has 0 N–H and O–H groups in total. The lowest BCUT2D eigenvalue weighted by atomic mass is 9.98. The van der Waals surface area contributed by atoms with Crippen LogP contribution in [0, 0.1) is 23.3 Å².